The zero-order valence-electron chi connectivity index (χ0n) is 10.9. The van der Waals surface area contributed by atoms with Gasteiger partial charge in [0.15, 0.2) is 0 Å². The van der Waals surface area contributed by atoms with Crippen molar-refractivity contribution in [1.29, 1.82) is 0 Å². The summed E-state index contributed by atoms with van der Waals surface area (Å²) in [7, 11) is 2.11. The molecule has 2 fully saturated rings. The molecule has 0 amide bonds. The summed E-state index contributed by atoms with van der Waals surface area (Å²) >= 11 is 0. The Bertz CT molecular complexity index is 199. The first-order valence-electron chi connectivity index (χ1n) is 6.97. The van der Waals surface area contributed by atoms with Crippen LogP contribution < -0.4 is 5.32 Å². The molecule has 0 aromatic carbocycles. The first kappa shape index (κ1) is 12.3. The number of nitrogens with one attached hydrogen (secondary N) is 1. The van der Waals surface area contributed by atoms with Crippen molar-refractivity contribution in [3.8, 4) is 0 Å². The number of nitrogens with zero attached hydrogens (tertiary/aromatic N) is 2. The lowest BCUT2D eigenvalue weighted by Crippen LogP contribution is -2.52. The Labute approximate surface area is 100 Å². The molecule has 1 N–H and O–H groups in total. The summed E-state index contributed by atoms with van der Waals surface area (Å²) in [6.45, 7) is 8.61. The first-order chi connectivity index (χ1) is 7.83. The fourth-order valence-corrected chi connectivity index (χ4v) is 3.20. The minimum Gasteiger partial charge on any atom is -0.317 e. The minimum absolute atomic E-state index is 0.767. The standard InChI is InChI=1S/C13H27N3/c1-3-15-7-9-16(10-8-15)13-6-4-5-12(11-13)14-2/h12-14H,3-11H2,1-2H3/t12-,13-/m1/s1. The Morgan fingerprint density at radius 2 is 1.88 bits per heavy atom. The fourth-order valence-electron chi connectivity index (χ4n) is 3.20. The second kappa shape index (κ2) is 5.99. The van der Waals surface area contributed by atoms with Gasteiger partial charge in [0.1, 0.15) is 0 Å². The van der Waals surface area contributed by atoms with Crippen LogP contribution in [0.15, 0.2) is 0 Å². The minimum atomic E-state index is 0.767. The third-order valence-electron chi connectivity index (χ3n) is 4.43. The maximum atomic E-state index is 3.46. The number of likely N-dealkylation sites (N-methyl/N-ethyl adjacent to an activating group) is 1. The van der Waals surface area contributed by atoms with Crippen LogP contribution in [0.5, 0.6) is 0 Å². The molecule has 16 heavy (non-hydrogen) atoms. The predicted molar refractivity (Wildman–Crippen MR) is 68.8 cm³/mol. The van der Waals surface area contributed by atoms with Crippen LogP contribution in [0.3, 0.4) is 0 Å². The largest absolute Gasteiger partial charge is 0.317 e. The van der Waals surface area contributed by atoms with Gasteiger partial charge in [-0.15, -0.1) is 0 Å². The number of hydrogen-bond donors (Lipinski definition) is 1. The van der Waals surface area contributed by atoms with Crippen LogP contribution in [-0.4, -0.2) is 61.7 Å². The topological polar surface area (TPSA) is 18.5 Å². The van der Waals surface area contributed by atoms with E-state index in [9.17, 15) is 0 Å². The van der Waals surface area contributed by atoms with Gasteiger partial charge in [-0.05, 0) is 32.9 Å². The van der Waals surface area contributed by atoms with Crippen molar-refractivity contribution in [3.05, 3.63) is 0 Å². The Balaban J connectivity index is 1.79. The summed E-state index contributed by atoms with van der Waals surface area (Å²) in [5.41, 5.74) is 0. The van der Waals surface area contributed by atoms with Crippen molar-refractivity contribution in [1.82, 2.24) is 15.1 Å². The lowest BCUT2D eigenvalue weighted by Gasteiger charge is -2.42. The van der Waals surface area contributed by atoms with E-state index in [1.807, 2.05) is 0 Å². The first-order valence-corrected chi connectivity index (χ1v) is 6.97. The van der Waals surface area contributed by atoms with Gasteiger partial charge in [0.05, 0.1) is 0 Å². The van der Waals surface area contributed by atoms with E-state index in [-0.39, 0.29) is 0 Å². The number of rotatable bonds is 3. The van der Waals surface area contributed by atoms with Crippen LogP contribution in [0.2, 0.25) is 0 Å². The van der Waals surface area contributed by atoms with Crippen molar-refractivity contribution < 1.29 is 0 Å². The summed E-state index contributed by atoms with van der Waals surface area (Å²) in [5.74, 6) is 0. The van der Waals surface area contributed by atoms with Crippen LogP contribution in [0.1, 0.15) is 32.6 Å². The van der Waals surface area contributed by atoms with Crippen molar-refractivity contribution in [2.45, 2.75) is 44.7 Å². The molecule has 0 spiro atoms. The van der Waals surface area contributed by atoms with E-state index in [1.54, 1.807) is 0 Å². The Kier molecular flexibility index (Phi) is 4.62. The zero-order chi connectivity index (χ0) is 11.4. The summed E-state index contributed by atoms with van der Waals surface area (Å²) in [6, 6.07) is 1.62. The Hall–Kier alpha value is -0.120. The molecule has 94 valence electrons. The lowest BCUT2D eigenvalue weighted by atomic mass is 9.89. The second-order valence-corrected chi connectivity index (χ2v) is 5.28. The maximum absolute atomic E-state index is 3.46. The molecular weight excluding hydrogens is 198 g/mol. The van der Waals surface area contributed by atoms with Crippen molar-refractivity contribution in [2.75, 3.05) is 39.8 Å². The average Bonchev–Trinajstić information content (AvgIpc) is 2.39. The molecular formula is C13H27N3. The van der Waals surface area contributed by atoms with Crippen molar-refractivity contribution in [2.24, 2.45) is 0 Å². The van der Waals surface area contributed by atoms with Gasteiger partial charge in [-0.2, -0.15) is 0 Å². The quantitative estimate of drug-likeness (QED) is 0.777. The highest BCUT2D eigenvalue weighted by Gasteiger charge is 2.27. The summed E-state index contributed by atoms with van der Waals surface area (Å²) < 4.78 is 0. The van der Waals surface area contributed by atoms with Crippen LogP contribution in [0.4, 0.5) is 0 Å². The maximum Gasteiger partial charge on any atom is 0.0113 e. The third-order valence-corrected chi connectivity index (χ3v) is 4.43. The van der Waals surface area contributed by atoms with E-state index in [2.05, 4.69) is 29.1 Å². The molecule has 0 unspecified atom stereocenters. The number of hydrogen-bond acceptors (Lipinski definition) is 3. The zero-order valence-corrected chi connectivity index (χ0v) is 10.9. The van der Waals surface area contributed by atoms with Crippen LogP contribution in [-0.2, 0) is 0 Å². The molecule has 2 aliphatic rings. The molecule has 1 heterocycles. The molecule has 1 saturated carbocycles. The normalized spacial score (nSPS) is 34.1. The summed E-state index contributed by atoms with van der Waals surface area (Å²) in [6.07, 6.45) is 5.57. The van der Waals surface area contributed by atoms with Gasteiger partial charge in [0.25, 0.3) is 0 Å². The predicted octanol–water partition coefficient (Wildman–Crippen LogP) is 1.15. The highest BCUT2D eigenvalue weighted by Crippen LogP contribution is 2.23. The molecule has 0 radical (unpaired) electrons. The van der Waals surface area contributed by atoms with Crippen LogP contribution in [0, 0.1) is 0 Å². The van der Waals surface area contributed by atoms with E-state index in [1.165, 1.54) is 58.4 Å². The SMILES string of the molecule is CCN1CCN([C@@H]2CCC[C@@H](NC)C2)CC1. The average molecular weight is 225 g/mol. The van der Waals surface area contributed by atoms with Gasteiger partial charge in [-0.25, -0.2) is 0 Å². The smallest absolute Gasteiger partial charge is 0.0113 e. The monoisotopic (exact) mass is 225 g/mol. The van der Waals surface area contributed by atoms with E-state index in [0.717, 1.165) is 12.1 Å². The van der Waals surface area contributed by atoms with Crippen LogP contribution in [0.25, 0.3) is 0 Å². The summed E-state index contributed by atoms with van der Waals surface area (Å²) in [4.78, 5) is 5.30. The molecule has 3 nitrogen and oxygen atoms in total. The van der Waals surface area contributed by atoms with Gasteiger partial charge >= 0.3 is 0 Å². The van der Waals surface area contributed by atoms with E-state index in [0.29, 0.717) is 0 Å². The molecule has 1 aliphatic heterocycles. The van der Waals surface area contributed by atoms with Gasteiger partial charge < -0.3 is 10.2 Å². The van der Waals surface area contributed by atoms with Crippen LogP contribution >= 0.6 is 0 Å². The fraction of sp³-hybridized carbons (Fsp3) is 1.00. The molecule has 3 heteroatoms. The van der Waals surface area contributed by atoms with Crippen molar-refractivity contribution in [3.63, 3.8) is 0 Å². The molecule has 1 saturated heterocycles. The lowest BCUT2D eigenvalue weighted by molar-refractivity contribution is 0.0750. The van der Waals surface area contributed by atoms with E-state index < -0.39 is 0 Å². The second-order valence-electron chi connectivity index (χ2n) is 5.28. The van der Waals surface area contributed by atoms with E-state index in [4.69, 9.17) is 0 Å². The van der Waals surface area contributed by atoms with Gasteiger partial charge in [-0.3, -0.25) is 4.90 Å². The third kappa shape index (κ3) is 2.96. The Morgan fingerprint density at radius 3 is 2.50 bits per heavy atom. The Morgan fingerprint density at radius 1 is 1.12 bits per heavy atom. The summed E-state index contributed by atoms with van der Waals surface area (Å²) in [5, 5.41) is 3.46. The van der Waals surface area contributed by atoms with Gasteiger partial charge in [0.2, 0.25) is 0 Å². The van der Waals surface area contributed by atoms with Gasteiger partial charge in [-0.1, -0.05) is 13.3 Å². The van der Waals surface area contributed by atoms with Gasteiger partial charge in [0, 0.05) is 38.3 Å². The highest BCUT2D eigenvalue weighted by molar-refractivity contribution is 4.85. The van der Waals surface area contributed by atoms with Crippen molar-refractivity contribution >= 4 is 0 Å². The highest BCUT2D eigenvalue weighted by atomic mass is 15.3. The molecule has 0 aromatic heterocycles. The molecule has 0 aromatic rings. The molecule has 2 rings (SSSR count). The molecule has 2 atom stereocenters. The number of piperazine rings is 1. The molecule has 1 aliphatic carbocycles. The molecule has 0 bridgehead atoms. The van der Waals surface area contributed by atoms with E-state index >= 15 is 0 Å².